The maximum atomic E-state index is 12.2. The number of non-ortho nitro benzene ring substituents is 1. The van der Waals surface area contributed by atoms with Gasteiger partial charge < -0.3 is 10.6 Å². The van der Waals surface area contributed by atoms with Crippen molar-refractivity contribution in [3.05, 3.63) is 69.2 Å². The average Bonchev–Trinajstić information content (AvgIpc) is 2.57. The van der Waals surface area contributed by atoms with E-state index in [1.54, 1.807) is 0 Å². The summed E-state index contributed by atoms with van der Waals surface area (Å²) in [7, 11) is 0. The van der Waals surface area contributed by atoms with Crippen LogP contribution in [0.4, 0.5) is 11.4 Å². The number of hydrogen-bond acceptors (Lipinski definition) is 3. The molecule has 0 aliphatic carbocycles. The summed E-state index contributed by atoms with van der Waals surface area (Å²) in [5.74, 6) is 0.149. The van der Waals surface area contributed by atoms with Gasteiger partial charge in [-0.25, -0.2) is 0 Å². The number of amides is 1. The molecule has 0 radical (unpaired) electrons. The van der Waals surface area contributed by atoms with Gasteiger partial charge in [0.2, 0.25) is 0 Å². The Morgan fingerprint density at radius 1 is 1.24 bits per heavy atom. The van der Waals surface area contributed by atoms with Crippen molar-refractivity contribution in [2.75, 3.05) is 11.9 Å². The first kappa shape index (κ1) is 18.9. The molecule has 0 heterocycles. The van der Waals surface area contributed by atoms with Crippen LogP contribution in [0.3, 0.4) is 0 Å². The van der Waals surface area contributed by atoms with Gasteiger partial charge in [-0.3, -0.25) is 14.9 Å². The number of nitrogens with zero attached hydrogens (tertiary/aromatic N) is 1. The lowest BCUT2D eigenvalue weighted by molar-refractivity contribution is -0.692. The van der Waals surface area contributed by atoms with Crippen LogP contribution in [0.25, 0.3) is 0 Å². The molecule has 2 rings (SSSR count). The van der Waals surface area contributed by atoms with Crippen molar-refractivity contribution in [3.63, 3.8) is 0 Å². The van der Waals surface area contributed by atoms with Gasteiger partial charge in [0.1, 0.15) is 6.04 Å². The van der Waals surface area contributed by atoms with Crippen LogP contribution in [0.2, 0.25) is 5.02 Å². The normalized spacial score (nSPS) is 12.0. The van der Waals surface area contributed by atoms with Crippen molar-refractivity contribution in [1.29, 1.82) is 0 Å². The predicted octanol–water partition coefficient (Wildman–Crippen LogP) is 3.15. The maximum Gasteiger partial charge on any atom is 0.279 e. The molecule has 0 spiro atoms. The number of nitrogens with two attached hydrogens (primary N) is 1. The molecule has 0 unspecified atom stereocenters. The minimum atomic E-state index is -0.529. The van der Waals surface area contributed by atoms with Gasteiger partial charge in [-0.1, -0.05) is 55.8 Å². The number of carbonyl (C=O) groups excluding carboxylic acids is 1. The zero-order valence-electron chi connectivity index (χ0n) is 14.1. The van der Waals surface area contributed by atoms with Crippen molar-refractivity contribution >= 4 is 28.9 Å². The van der Waals surface area contributed by atoms with Crippen LogP contribution < -0.4 is 10.6 Å². The number of nitro groups is 1. The lowest BCUT2D eigenvalue weighted by atomic mass is 9.96. The summed E-state index contributed by atoms with van der Waals surface area (Å²) in [4.78, 5) is 22.4. The van der Waals surface area contributed by atoms with E-state index in [4.69, 9.17) is 11.6 Å². The van der Waals surface area contributed by atoms with Crippen LogP contribution in [-0.2, 0) is 4.79 Å². The first-order valence-corrected chi connectivity index (χ1v) is 8.38. The molecule has 25 heavy (non-hydrogen) atoms. The largest absolute Gasteiger partial charge is 0.332 e. The lowest BCUT2D eigenvalue weighted by Gasteiger charge is -2.19. The lowest BCUT2D eigenvalue weighted by Crippen LogP contribution is -2.88. The third-order valence-corrected chi connectivity index (χ3v) is 4.21. The van der Waals surface area contributed by atoms with Gasteiger partial charge in [-0.05, 0) is 6.07 Å². The second-order valence-electron chi connectivity index (χ2n) is 6.09. The number of anilines is 1. The van der Waals surface area contributed by atoms with Crippen molar-refractivity contribution in [2.24, 2.45) is 5.92 Å². The fraction of sp³-hybridized carbons (Fsp3) is 0.278. The number of rotatable bonds is 7. The Labute approximate surface area is 151 Å². The van der Waals surface area contributed by atoms with E-state index in [-0.39, 0.29) is 29.2 Å². The first-order valence-electron chi connectivity index (χ1n) is 8.00. The van der Waals surface area contributed by atoms with E-state index in [1.165, 1.54) is 23.8 Å². The van der Waals surface area contributed by atoms with E-state index in [0.717, 1.165) is 0 Å². The Kier molecular flexibility index (Phi) is 6.50. The zero-order chi connectivity index (χ0) is 18.4. The number of hydrogen-bond donors (Lipinski definition) is 2. The molecule has 0 saturated carbocycles. The Bertz CT molecular complexity index is 750. The third-order valence-electron chi connectivity index (χ3n) is 3.90. The van der Waals surface area contributed by atoms with Crippen molar-refractivity contribution in [2.45, 2.75) is 19.9 Å². The summed E-state index contributed by atoms with van der Waals surface area (Å²) < 4.78 is 0. The zero-order valence-corrected chi connectivity index (χ0v) is 14.9. The van der Waals surface area contributed by atoms with Crippen molar-refractivity contribution < 1.29 is 15.0 Å². The number of nitrogens with one attached hydrogen (secondary N) is 1. The molecule has 6 nitrogen and oxygen atoms in total. The fourth-order valence-corrected chi connectivity index (χ4v) is 2.84. The summed E-state index contributed by atoms with van der Waals surface area (Å²) in [6, 6.07) is 14.2. The molecule has 2 aromatic rings. The fourth-order valence-electron chi connectivity index (χ4n) is 2.62. The minimum absolute atomic E-state index is 0.112. The van der Waals surface area contributed by atoms with Gasteiger partial charge in [-0.2, -0.15) is 0 Å². The molecule has 0 aromatic heterocycles. The van der Waals surface area contributed by atoms with E-state index < -0.39 is 4.92 Å². The van der Waals surface area contributed by atoms with Crippen molar-refractivity contribution in [1.82, 2.24) is 0 Å². The van der Waals surface area contributed by atoms with Crippen LogP contribution in [0, 0.1) is 16.0 Å². The quantitative estimate of drug-likeness (QED) is 0.585. The summed E-state index contributed by atoms with van der Waals surface area (Å²) in [5.41, 5.74) is 1.42. The second kappa shape index (κ2) is 8.60. The Morgan fingerprint density at radius 2 is 1.92 bits per heavy atom. The van der Waals surface area contributed by atoms with Gasteiger partial charge in [-0.15, -0.1) is 0 Å². The first-order chi connectivity index (χ1) is 11.9. The average molecular weight is 363 g/mol. The highest BCUT2D eigenvalue weighted by Gasteiger charge is 2.20. The number of quaternary nitrogens is 1. The molecule has 0 aliphatic heterocycles. The minimum Gasteiger partial charge on any atom is -0.332 e. The van der Waals surface area contributed by atoms with E-state index in [2.05, 4.69) is 19.2 Å². The van der Waals surface area contributed by atoms with Gasteiger partial charge >= 0.3 is 0 Å². The summed E-state index contributed by atoms with van der Waals surface area (Å²) in [5, 5.41) is 15.5. The number of nitro benzene ring substituents is 1. The van der Waals surface area contributed by atoms with Gasteiger partial charge in [0.05, 0.1) is 15.6 Å². The summed E-state index contributed by atoms with van der Waals surface area (Å²) >= 11 is 6.00. The Hall–Kier alpha value is -2.44. The predicted molar refractivity (Wildman–Crippen MR) is 97.5 cm³/mol. The number of benzene rings is 2. The molecule has 3 N–H and O–H groups in total. The molecule has 0 bridgehead atoms. The molecule has 2 aromatic carbocycles. The summed E-state index contributed by atoms with van der Waals surface area (Å²) in [6.07, 6.45) is 0. The number of carbonyl (C=O) groups is 1. The third kappa shape index (κ3) is 5.27. The molecule has 7 heteroatoms. The molecule has 0 aliphatic rings. The highest BCUT2D eigenvalue weighted by Crippen LogP contribution is 2.26. The van der Waals surface area contributed by atoms with Crippen LogP contribution in [-0.4, -0.2) is 17.4 Å². The smallest absolute Gasteiger partial charge is 0.279 e. The molecular weight excluding hydrogens is 342 g/mol. The maximum absolute atomic E-state index is 12.2. The highest BCUT2D eigenvalue weighted by molar-refractivity contribution is 6.33. The molecule has 0 saturated heterocycles. The van der Waals surface area contributed by atoms with E-state index in [9.17, 15) is 14.9 Å². The Morgan fingerprint density at radius 3 is 2.48 bits per heavy atom. The van der Waals surface area contributed by atoms with Gasteiger partial charge in [0.15, 0.2) is 6.54 Å². The molecule has 1 atom stereocenters. The van der Waals surface area contributed by atoms with Crippen LogP contribution in [0.1, 0.15) is 25.5 Å². The van der Waals surface area contributed by atoms with E-state index in [1.807, 2.05) is 35.6 Å². The van der Waals surface area contributed by atoms with E-state index >= 15 is 0 Å². The van der Waals surface area contributed by atoms with Gasteiger partial charge in [0, 0.05) is 23.6 Å². The second-order valence-corrected chi connectivity index (χ2v) is 6.50. The monoisotopic (exact) mass is 362 g/mol. The topological polar surface area (TPSA) is 88.8 Å². The molecule has 1 amide bonds. The Balaban J connectivity index is 1.99. The SMILES string of the molecule is CC(C)[C@@H]([NH2+]CC(=O)Nc1ccc([N+](=O)[O-])cc1Cl)c1ccccc1. The van der Waals surface area contributed by atoms with Crippen molar-refractivity contribution in [3.8, 4) is 0 Å². The highest BCUT2D eigenvalue weighted by atomic mass is 35.5. The standard InChI is InChI=1S/C18H20ClN3O3/c1-12(2)18(13-6-4-3-5-7-13)20-11-17(23)21-16-9-8-14(22(24)25)10-15(16)19/h3-10,12,18,20H,11H2,1-2H3,(H,21,23)/p+1/t18-/m1/s1. The van der Waals surface area contributed by atoms with Crippen LogP contribution in [0.15, 0.2) is 48.5 Å². The van der Waals surface area contributed by atoms with Crippen LogP contribution in [0.5, 0.6) is 0 Å². The molecule has 0 fully saturated rings. The van der Waals surface area contributed by atoms with E-state index in [0.29, 0.717) is 11.6 Å². The molecule has 132 valence electrons. The number of halogens is 1. The summed E-state index contributed by atoms with van der Waals surface area (Å²) in [6.45, 7) is 4.45. The molecular formula is C18H21ClN3O3+. The van der Waals surface area contributed by atoms with Crippen LogP contribution >= 0.6 is 11.6 Å². The van der Waals surface area contributed by atoms with Gasteiger partial charge in [0.25, 0.3) is 11.6 Å².